The molecule has 0 aliphatic heterocycles. The lowest BCUT2D eigenvalue weighted by Gasteiger charge is -2.17. The molecule has 1 saturated carbocycles. The van der Waals surface area contributed by atoms with Gasteiger partial charge in [-0.15, -0.1) is 0 Å². The normalized spacial score (nSPS) is 17.5. The summed E-state index contributed by atoms with van der Waals surface area (Å²) in [7, 11) is 1.70. The van der Waals surface area contributed by atoms with E-state index < -0.39 is 17.5 Å². The Morgan fingerprint density at radius 2 is 1.81 bits per heavy atom. The fourth-order valence-electron chi connectivity index (χ4n) is 1.89. The minimum atomic E-state index is -1.14. The Bertz CT molecular complexity index is 388. The van der Waals surface area contributed by atoms with Crippen LogP contribution in [0.25, 0.3) is 0 Å². The Morgan fingerprint density at radius 3 is 2.38 bits per heavy atom. The van der Waals surface area contributed by atoms with Crippen LogP contribution in [0, 0.1) is 23.4 Å². The second-order valence-electron chi connectivity index (χ2n) is 4.31. The number of nitrogens with one attached hydrogen (secondary N) is 1. The van der Waals surface area contributed by atoms with Gasteiger partial charge in [0.15, 0.2) is 11.6 Å². The first-order chi connectivity index (χ1) is 7.61. The summed E-state index contributed by atoms with van der Waals surface area (Å²) in [6.07, 6.45) is 3.06. The van der Waals surface area contributed by atoms with Crippen LogP contribution in [-0.4, -0.2) is 7.05 Å². The summed E-state index contributed by atoms with van der Waals surface area (Å²) in [6, 6.07) is 1.33. The third-order valence-electron chi connectivity index (χ3n) is 3.03. The highest BCUT2D eigenvalue weighted by Crippen LogP contribution is 2.38. The van der Waals surface area contributed by atoms with Gasteiger partial charge in [-0.3, -0.25) is 0 Å². The Labute approximate surface area is 92.7 Å². The second-order valence-corrected chi connectivity index (χ2v) is 4.31. The molecule has 0 heterocycles. The molecule has 1 N–H and O–H groups in total. The van der Waals surface area contributed by atoms with Gasteiger partial charge in [-0.2, -0.15) is 0 Å². The van der Waals surface area contributed by atoms with Crippen molar-refractivity contribution < 1.29 is 13.2 Å². The first-order valence-corrected chi connectivity index (χ1v) is 5.43. The third kappa shape index (κ3) is 2.38. The largest absolute Gasteiger partial charge is 0.313 e. The smallest absolute Gasteiger partial charge is 0.161 e. The monoisotopic (exact) mass is 229 g/mol. The molecule has 0 aromatic heterocycles. The average molecular weight is 229 g/mol. The van der Waals surface area contributed by atoms with E-state index in [1.54, 1.807) is 7.05 Å². The fraction of sp³-hybridized carbons (Fsp3) is 0.500. The highest BCUT2D eigenvalue weighted by atomic mass is 19.2. The van der Waals surface area contributed by atoms with Crippen molar-refractivity contribution in [2.75, 3.05) is 7.05 Å². The lowest BCUT2D eigenvalue weighted by atomic mass is 10.0. The first kappa shape index (κ1) is 11.5. The molecule has 0 spiro atoms. The first-order valence-electron chi connectivity index (χ1n) is 5.43. The van der Waals surface area contributed by atoms with Crippen molar-refractivity contribution in [3.63, 3.8) is 0 Å². The summed E-state index contributed by atoms with van der Waals surface area (Å²) in [5.41, 5.74) is 0.216. The van der Waals surface area contributed by atoms with Gasteiger partial charge in [0.25, 0.3) is 0 Å². The number of hydrogen-bond acceptors (Lipinski definition) is 1. The molecule has 1 fully saturated rings. The van der Waals surface area contributed by atoms with Gasteiger partial charge in [0.1, 0.15) is 5.82 Å². The molecule has 1 aliphatic carbocycles. The molecule has 1 unspecified atom stereocenters. The van der Waals surface area contributed by atoms with E-state index in [0.717, 1.165) is 25.3 Å². The average Bonchev–Trinajstić information content (AvgIpc) is 3.04. The minimum Gasteiger partial charge on any atom is -0.313 e. The molecule has 1 aromatic carbocycles. The third-order valence-corrected chi connectivity index (χ3v) is 3.03. The predicted octanol–water partition coefficient (Wildman–Crippen LogP) is 3.16. The van der Waals surface area contributed by atoms with Crippen LogP contribution in [0.2, 0.25) is 0 Å². The zero-order chi connectivity index (χ0) is 11.7. The van der Waals surface area contributed by atoms with Crippen molar-refractivity contribution in [3.05, 3.63) is 35.1 Å². The van der Waals surface area contributed by atoms with Crippen molar-refractivity contribution in [1.82, 2.24) is 5.32 Å². The Balaban J connectivity index is 2.25. The summed E-state index contributed by atoms with van der Waals surface area (Å²) < 4.78 is 39.3. The van der Waals surface area contributed by atoms with E-state index in [2.05, 4.69) is 5.32 Å². The Morgan fingerprint density at radius 1 is 1.19 bits per heavy atom. The molecular formula is C12H14F3N. The van der Waals surface area contributed by atoms with E-state index in [9.17, 15) is 13.2 Å². The van der Waals surface area contributed by atoms with Crippen molar-refractivity contribution in [2.24, 2.45) is 5.92 Å². The molecule has 16 heavy (non-hydrogen) atoms. The lowest BCUT2D eigenvalue weighted by molar-refractivity contribution is 0.457. The van der Waals surface area contributed by atoms with Gasteiger partial charge in [-0.25, -0.2) is 13.2 Å². The fourth-order valence-corrected chi connectivity index (χ4v) is 1.89. The Kier molecular flexibility index (Phi) is 3.19. The topological polar surface area (TPSA) is 12.0 Å². The molecule has 2 rings (SSSR count). The zero-order valence-corrected chi connectivity index (χ0v) is 9.06. The summed E-state index contributed by atoms with van der Waals surface area (Å²) in [5.74, 6) is -2.22. The highest BCUT2D eigenvalue weighted by molar-refractivity contribution is 5.23. The second kappa shape index (κ2) is 4.45. The van der Waals surface area contributed by atoms with E-state index in [0.29, 0.717) is 12.0 Å². The van der Waals surface area contributed by atoms with Gasteiger partial charge >= 0.3 is 0 Å². The molecule has 1 aromatic rings. The number of halogens is 3. The molecule has 1 atom stereocenters. The van der Waals surface area contributed by atoms with Gasteiger partial charge in [0.05, 0.1) is 0 Å². The molecule has 0 bridgehead atoms. The molecule has 4 heteroatoms. The van der Waals surface area contributed by atoms with E-state index in [1.807, 2.05) is 0 Å². The van der Waals surface area contributed by atoms with Crippen LogP contribution in [0.3, 0.4) is 0 Å². The molecule has 88 valence electrons. The molecular weight excluding hydrogens is 215 g/mol. The molecule has 1 aliphatic rings. The van der Waals surface area contributed by atoms with E-state index >= 15 is 0 Å². The number of hydrogen-bond donors (Lipinski definition) is 1. The summed E-state index contributed by atoms with van der Waals surface area (Å²) in [6.45, 7) is 0. The number of rotatable bonds is 4. The van der Waals surface area contributed by atoms with Crippen molar-refractivity contribution in [3.8, 4) is 0 Å². The van der Waals surface area contributed by atoms with Gasteiger partial charge in [-0.1, -0.05) is 12.8 Å². The van der Waals surface area contributed by atoms with Gasteiger partial charge in [0.2, 0.25) is 0 Å². The van der Waals surface area contributed by atoms with Gasteiger partial charge in [-0.05, 0) is 25.5 Å². The van der Waals surface area contributed by atoms with Crippen LogP contribution in [0.1, 0.15) is 30.9 Å². The van der Waals surface area contributed by atoms with Crippen molar-refractivity contribution >= 4 is 0 Å². The van der Waals surface area contributed by atoms with Crippen molar-refractivity contribution in [1.29, 1.82) is 0 Å². The van der Waals surface area contributed by atoms with Gasteiger partial charge in [0, 0.05) is 17.7 Å². The zero-order valence-electron chi connectivity index (χ0n) is 9.06. The maximum absolute atomic E-state index is 13.5. The lowest BCUT2D eigenvalue weighted by Crippen LogP contribution is -2.18. The van der Waals surface area contributed by atoms with Crippen LogP contribution in [0.5, 0.6) is 0 Å². The maximum atomic E-state index is 13.5. The van der Waals surface area contributed by atoms with Crippen LogP contribution < -0.4 is 5.32 Å². The summed E-state index contributed by atoms with van der Waals surface area (Å²) >= 11 is 0. The van der Waals surface area contributed by atoms with Crippen LogP contribution in [0.4, 0.5) is 13.2 Å². The van der Waals surface area contributed by atoms with Crippen LogP contribution >= 0.6 is 0 Å². The number of benzene rings is 1. The highest BCUT2D eigenvalue weighted by Gasteiger charge is 2.27. The summed E-state index contributed by atoms with van der Waals surface area (Å²) in [5, 5.41) is 2.95. The van der Waals surface area contributed by atoms with E-state index in [4.69, 9.17) is 0 Å². The van der Waals surface area contributed by atoms with E-state index in [-0.39, 0.29) is 11.6 Å². The standard InChI is InChI=1S/C12H14F3N/c1-16-12(4-7-2-3-7)8-5-10(14)11(15)6-9(8)13/h5-7,12,16H,2-4H2,1H3. The Hall–Kier alpha value is -1.03. The molecule has 0 amide bonds. The molecule has 0 saturated heterocycles. The van der Waals surface area contributed by atoms with E-state index in [1.165, 1.54) is 0 Å². The van der Waals surface area contributed by atoms with Crippen molar-refractivity contribution in [2.45, 2.75) is 25.3 Å². The molecule has 1 nitrogen and oxygen atoms in total. The van der Waals surface area contributed by atoms with Crippen LogP contribution in [-0.2, 0) is 0 Å². The SMILES string of the molecule is CNC(CC1CC1)c1cc(F)c(F)cc1F. The minimum absolute atomic E-state index is 0.216. The maximum Gasteiger partial charge on any atom is 0.161 e. The van der Waals surface area contributed by atoms with Crippen LogP contribution in [0.15, 0.2) is 12.1 Å². The molecule has 0 radical (unpaired) electrons. The summed E-state index contributed by atoms with van der Waals surface area (Å²) in [4.78, 5) is 0. The predicted molar refractivity (Wildman–Crippen MR) is 55.5 cm³/mol. The quantitative estimate of drug-likeness (QED) is 0.782. The van der Waals surface area contributed by atoms with Gasteiger partial charge < -0.3 is 5.32 Å².